The van der Waals surface area contributed by atoms with Gasteiger partial charge in [0.05, 0.1) is 0 Å². The highest BCUT2D eigenvalue weighted by Gasteiger charge is 1.36. The standard InChI is InChI=1S/2H2NOP/c2*1-3-2/h2*(H2,1,2)/p+2. The molecular formula is H6N2O2P2+2. The van der Waals surface area contributed by atoms with Gasteiger partial charge in [-0.25, -0.2) is 9.13 Å². The molecule has 6 heavy (non-hydrogen) atoms. The van der Waals surface area contributed by atoms with E-state index in [2.05, 4.69) is 11.0 Å². The van der Waals surface area contributed by atoms with Gasteiger partial charge in [-0.3, -0.25) is 11.0 Å². The Hall–Kier alpha value is 0.120. The van der Waals surface area contributed by atoms with Crippen molar-refractivity contribution in [3.8, 4) is 0 Å². The molecule has 0 aromatic carbocycles. The normalized spacial score (nSPS) is 7.00. The Morgan fingerprint density at radius 1 is 1.00 bits per heavy atom. The Morgan fingerprint density at radius 3 is 1.00 bits per heavy atom. The molecule has 0 amide bonds. The number of quaternary nitrogens is 2. The van der Waals surface area contributed by atoms with Gasteiger partial charge in [0.1, 0.15) is 0 Å². The van der Waals surface area contributed by atoms with Crippen LogP contribution in [0.1, 0.15) is 0 Å². The van der Waals surface area contributed by atoms with Crippen LogP contribution in [0.4, 0.5) is 0 Å². The second kappa shape index (κ2) is 19.3. The van der Waals surface area contributed by atoms with E-state index in [4.69, 9.17) is 9.13 Å². The predicted molar refractivity (Wildman–Crippen MR) is 21.0 cm³/mol. The topological polar surface area (TPSA) is 89.4 Å². The molecule has 0 saturated carbocycles. The van der Waals surface area contributed by atoms with Crippen LogP contribution in [0.2, 0.25) is 0 Å². The lowest BCUT2D eigenvalue weighted by Gasteiger charge is -1.19. The minimum atomic E-state index is -0.0833. The van der Waals surface area contributed by atoms with Crippen LogP contribution < -0.4 is 11.0 Å². The smallest absolute Gasteiger partial charge is 0.277 e. The summed E-state index contributed by atoms with van der Waals surface area (Å²) in [5.41, 5.74) is 5.81. The SMILES string of the molecule is [NH3+]P=O.[NH3+]P=O. The lowest BCUT2D eigenvalue weighted by Crippen LogP contribution is -2.29. The molecule has 0 unspecified atom stereocenters. The van der Waals surface area contributed by atoms with Gasteiger partial charge >= 0.3 is 17.2 Å². The van der Waals surface area contributed by atoms with Gasteiger partial charge in [-0.15, -0.1) is 0 Å². The van der Waals surface area contributed by atoms with E-state index in [1.807, 2.05) is 0 Å². The van der Waals surface area contributed by atoms with Crippen LogP contribution in [0, 0.1) is 0 Å². The van der Waals surface area contributed by atoms with Crippen molar-refractivity contribution in [3.05, 3.63) is 0 Å². The van der Waals surface area contributed by atoms with E-state index in [9.17, 15) is 0 Å². The summed E-state index contributed by atoms with van der Waals surface area (Å²) in [6, 6.07) is 0. The molecule has 6 N–H and O–H groups in total. The van der Waals surface area contributed by atoms with Crippen LogP contribution in [0.5, 0.6) is 0 Å². The summed E-state index contributed by atoms with van der Waals surface area (Å²) < 4.78 is 17.6. The third-order valence-corrected chi connectivity index (χ3v) is 0. The van der Waals surface area contributed by atoms with Crippen LogP contribution >= 0.6 is 17.2 Å². The van der Waals surface area contributed by atoms with Gasteiger partial charge in [-0.1, -0.05) is 0 Å². The minimum absolute atomic E-state index is 0.0833. The van der Waals surface area contributed by atoms with E-state index in [1.165, 1.54) is 0 Å². The lowest BCUT2D eigenvalue weighted by atomic mass is 13.9. The van der Waals surface area contributed by atoms with Crippen LogP contribution in [0.3, 0.4) is 0 Å². The van der Waals surface area contributed by atoms with Gasteiger partial charge in [-0.05, 0) is 0 Å². The van der Waals surface area contributed by atoms with Gasteiger partial charge in [0, 0.05) is 0 Å². The largest absolute Gasteiger partial charge is 0.417 e. The third-order valence-electron chi connectivity index (χ3n) is 0. The third kappa shape index (κ3) is 2790. The van der Waals surface area contributed by atoms with E-state index in [1.54, 1.807) is 0 Å². The van der Waals surface area contributed by atoms with Crippen LogP contribution in [0.15, 0.2) is 0 Å². The van der Waals surface area contributed by atoms with Gasteiger partial charge < -0.3 is 0 Å². The summed E-state index contributed by atoms with van der Waals surface area (Å²) in [5, 5.41) is 0. The Morgan fingerprint density at radius 2 is 1.00 bits per heavy atom. The zero-order chi connectivity index (χ0) is 5.41. The summed E-state index contributed by atoms with van der Waals surface area (Å²) in [6.07, 6.45) is 0. The number of hydrogen-bond acceptors (Lipinski definition) is 2. The molecule has 0 aliphatic carbocycles. The molecule has 0 bridgehead atoms. The van der Waals surface area contributed by atoms with Crippen molar-refractivity contribution in [2.24, 2.45) is 0 Å². The van der Waals surface area contributed by atoms with Crippen molar-refractivity contribution in [3.63, 3.8) is 0 Å². The average molecular weight is 128 g/mol. The minimum Gasteiger partial charge on any atom is -0.277 e. The highest BCUT2D eigenvalue weighted by atomic mass is 31.1. The maximum Gasteiger partial charge on any atom is 0.417 e. The maximum absolute atomic E-state index is 8.79. The highest BCUT2D eigenvalue weighted by Crippen LogP contribution is 1.47. The van der Waals surface area contributed by atoms with Gasteiger partial charge in [0.15, 0.2) is 0 Å². The van der Waals surface area contributed by atoms with E-state index >= 15 is 0 Å². The monoisotopic (exact) mass is 128 g/mol. The second-order valence-corrected chi connectivity index (χ2v) is 0.775. The molecule has 0 rings (SSSR count). The quantitative estimate of drug-likeness (QED) is 0.404. The molecule has 0 aromatic heterocycles. The predicted octanol–water partition coefficient (Wildman–Crippen LogP) is -1.13. The summed E-state index contributed by atoms with van der Waals surface area (Å²) in [7, 11) is -0.167. The van der Waals surface area contributed by atoms with Gasteiger partial charge in [0.2, 0.25) is 0 Å². The number of rotatable bonds is 0. The molecule has 36 valence electrons. The molecule has 0 aliphatic rings. The Kier molecular flexibility index (Phi) is 30.5. The number of hydrogen-bond donors (Lipinski definition) is 2. The first-order valence-electron chi connectivity index (χ1n) is 0.998. The molecule has 4 nitrogen and oxygen atoms in total. The fourth-order valence-electron chi connectivity index (χ4n) is 0. The molecule has 0 saturated heterocycles. The first-order valence-corrected chi connectivity index (χ1v) is 2.99. The molecular weight excluding hydrogens is 122 g/mol. The van der Waals surface area contributed by atoms with Crippen LogP contribution in [-0.2, 0) is 9.13 Å². The Labute approximate surface area is 38.4 Å². The van der Waals surface area contributed by atoms with Gasteiger partial charge in [0.25, 0.3) is 0 Å². The maximum atomic E-state index is 8.79. The van der Waals surface area contributed by atoms with E-state index in [-0.39, 0.29) is 17.2 Å². The van der Waals surface area contributed by atoms with Crippen molar-refractivity contribution >= 4 is 17.2 Å². The summed E-state index contributed by atoms with van der Waals surface area (Å²) in [4.78, 5) is 0. The van der Waals surface area contributed by atoms with Crippen molar-refractivity contribution in [1.29, 1.82) is 0 Å². The van der Waals surface area contributed by atoms with Gasteiger partial charge in [-0.2, -0.15) is 0 Å². The van der Waals surface area contributed by atoms with E-state index in [0.717, 1.165) is 0 Å². The molecule has 0 spiro atoms. The molecule has 0 aliphatic heterocycles. The van der Waals surface area contributed by atoms with Crippen molar-refractivity contribution in [2.75, 3.05) is 0 Å². The fraction of sp³-hybridized carbons (Fsp3) is 0. The average Bonchev–Trinajstić information content (AvgIpc) is 1.39. The summed E-state index contributed by atoms with van der Waals surface area (Å²) >= 11 is 0. The first kappa shape index (κ1) is 9.45. The molecule has 6 heteroatoms. The first-order chi connectivity index (χ1) is 2.83. The zero-order valence-corrected chi connectivity index (χ0v) is 4.91. The van der Waals surface area contributed by atoms with Crippen molar-refractivity contribution in [2.45, 2.75) is 0 Å². The van der Waals surface area contributed by atoms with Crippen LogP contribution in [-0.4, -0.2) is 0 Å². The second-order valence-electron chi connectivity index (χ2n) is 0.258. The molecule has 0 aromatic rings. The zero-order valence-electron chi connectivity index (χ0n) is 3.13. The summed E-state index contributed by atoms with van der Waals surface area (Å²) in [6.45, 7) is 0. The Balaban J connectivity index is 0. The molecule has 0 atom stereocenters. The molecule has 0 radical (unpaired) electrons. The fourth-order valence-corrected chi connectivity index (χ4v) is 0. The van der Waals surface area contributed by atoms with E-state index in [0.29, 0.717) is 0 Å². The van der Waals surface area contributed by atoms with Crippen molar-refractivity contribution < 1.29 is 20.1 Å². The lowest BCUT2D eigenvalue weighted by molar-refractivity contribution is -0.155. The summed E-state index contributed by atoms with van der Waals surface area (Å²) in [5.74, 6) is 0. The van der Waals surface area contributed by atoms with Crippen molar-refractivity contribution in [1.82, 2.24) is 0 Å². The Bertz CT molecular complexity index is 30.5. The van der Waals surface area contributed by atoms with Crippen LogP contribution in [0.25, 0.3) is 0 Å². The highest BCUT2D eigenvalue weighted by molar-refractivity contribution is 7.14. The molecule has 0 heterocycles. The molecule has 0 fully saturated rings. The van der Waals surface area contributed by atoms with E-state index < -0.39 is 0 Å².